The first-order valence-electron chi connectivity index (χ1n) is 9.02. The fourth-order valence-corrected chi connectivity index (χ4v) is 6.77. The minimum absolute atomic E-state index is 0.359. The zero-order valence-electron chi connectivity index (χ0n) is 14.3. The summed E-state index contributed by atoms with van der Waals surface area (Å²) in [6, 6.07) is 4.97. The Hall–Kier alpha value is -0.170. The lowest BCUT2D eigenvalue weighted by molar-refractivity contribution is -0.131. The molecule has 2 fully saturated rings. The summed E-state index contributed by atoms with van der Waals surface area (Å²) in [5.41, 5.74) is 0. The number of amides is 1. The van der Waals surface area contributed by atoms with Crippen LogP contribution in [0.25, 0.3) is 0 Å². The molecule has 24 heavy (non-hydrogen) atoms. The molecule has 0 atom stereocenters. The van der Waals surface area contributed by atoms with E-state index in [2.05, 4.69) is 50.8 Å². The van der Waals surface area contributed by atoms with Gasteiger partial charge in [-0.15, -0.1) is 11.3 Å². The smallest absolute Gasteiger partial charge is 0.222 e. The molecule has 3 nitrogen and oxygen atoms in total. The Morgan fingerprint density at radius 1 is 1.12 bits per heavy atom. The Morgan fingerprint density at radius 2 is 1.96 bits per heavy atom. The highest BCUT2D eigenvalue weighted by molar-refractivity contribution is 8.03. The highest BCUT2D eigenvalue weighted by atomic mass is 32.2. The highest BCUT2D eigenvalue weighted by Gasteiger charge is 2.24. The number of carbonyl (C=O) groups is 1. The summed E-state index contributed by atoms with van der Waals surface area (Å²) in [4.78, 5) is 18.7. The molecule has 0 saturated carbocycles. The number of carbonyl (C=O) groups excluding carboxylic acids is 1. The SMILES string of the molecule is O=C(CCCc1cccs1)N1CCCN(C2CSCCSC2)CC1. The van der Waals surface area contributed by atoms with Gasteiger partial charge in [0.15, 0.2) is 0 Å². The zero-order valence-corrected chi connectivity index (χ0v) is 16.8. The van der Waals surface area contributed by atoms with Crippen LogP contribution in [0.15, 0.2) is 17.5 Å². The molecule has 1 amide bonds. The molecule has 3 heterocycles. The number of rotatable bonds is 5. The molecule has 0 spiro atoms. The first-order valence-corrected chi connectivity index (χ1v) is 12.2. The first kappa shape index (κ1) is 18.6. The second kappa shape index (κ2) is 10.1. The highest BCUT2D eigenvalue weighted by Crippen LogP contribution is 2.22. The van der Waals surface area contributed by atoms with Crippen molar-refractivity contribution >= 4 is 40.8 Å². The standard InChI is InChI=1S/C18H28N2OS3/c21-18(6-1-4-17-5-2-11-24-17)20-8-3-7-19(9-10-20)16-14-22-12-13-23-15-16/h2,5,11,16H,1,3-4,6-10,12-15H2. The van der Waals surface area contributed by atoms with Crippen molar-refractivity contribution in [3.63, 3.8) is 0 Å². The van der Waals surface area contributed by atoms with Gasteiger partial charge >= 0.3 is 0 Å². The molecule has 2 aliphatic heterocycles. The van der Waals surface area contributed by atoms with E-state index in [1.165, 1.54) is 27.9 Å². The number of thioether (sulfide) groups is 2. The predicted octanol–water partition coefficient (Wildman–Crippen LogP) is 3.45. The topological polar surface area (TPSA) is 23.6 Å². The Bertz CT molecular complexity index is 486. The summed E-state index contributed by atoms with van der Waals surface area (Å²) in [5, 5.41) is 2.12. The molecular weight excluding hydrogens is 356 g/mol. The van der Waals surface area contributed by atoms with Crippen LogP contribution in [0.2, 0.25) is 0 Å². The Morgan fingerprint density at radius 3 is 2.71 bits per heavy atom. The van der Waals surface area contributed by atoms with Gasteiger partial charge in [-0.2, -0.15) is 23.5 Å². The van der Waals surface area contributed by atoms with Crippen LogP contribution in [0.4, 0.5) is 0 Å². The zero-order chi connectivity index (χ0) is 16.6. The first-order chi connectivity index (χ1) is 11.8. The van der Waals surface area contributed by atoms with Crippen LogP contribution in [0.5, 0.6) is 0 Å². The maximum Gasteiger partial charge on any atom is 0.222 e. The monoisotopic (exact) mass is 384 g/mol. The van der Waals surface area contributed by atoms with Crippen molar-refractivity contribution in [2.75, 3.05) is 49.2 Å². The number of hydrogen-bond acceptors (Lipinski definition) is 5. The van der Waals surface area contributed by atoms with E-state index in [9.17, 15) is 4.79 Å². The second-order valence-electron chi connectivity index (χ2n) is 6.51. The van der Waals surface area contributed by atoms with E-state index in [0.29, 0.717) is 18.4 Å². The summed E-state index contributed by atoms with van der Waals surface area (Å²) in [7, 11) is 0. The van der Waals surface area contributed by atoms with E-state index in [0.717, 1.165) is 45.4 Å². The lowest BCUT2D eigenvalue weighted by Gasteiger charge is -2.29. The number of aryl methyl sites for hydroxylation is 1. The minimum atomic E-state index is 0.359. The van der Waals surface area contributed by atoms with Crippen molar-refractivity contribution < 1.29 is 4.79 Å². The molecule has 0 N–H and O–H groups in total. The molecule has 3 rings (SSSR count). The fourth-order valence-electron chi connectivity index (χ4n) is 3.39. The molecule has 1 aromatic heterocycles. The molecule has 2 aliphatic rings. The quantitative estimate of drug-likeness (QED) is 0.776. The molecule has 0 bridgehead atoms. The normalized spacial score (nSPS) is 21.4. The van der Waals surface area contributed by atoms with Gasteiger partial charge in [-0.3, -0.25) is 9.69 Å². The van der Waals surface area contributed by atoms with Crippen molar-refractivity contribution in [3.8, 4) is 0 Å². The lowest BCUT2D eigenvalue weighted by Crippen LogP contribution is -2.42. The largest absolute Gasteiger partial charge is 0.341 e. The molecule has 0 radical (unpaired) electrons. The van der Waals surface area contributed by atoms with E-state index in [1.54, 1.807) is 11.3 Å². The van der Waals surface area contributed by atoms with Crippen LogP contribution < -0.4 is 0 Å². The van der Waals surface area contributed by atoms with Gasteiger partial charge in [-0.05, 0) is 30.7 Å². The van der Waals surface area contributed by atoms with Gasteiger partial charge in [-0.1, -0.05) is 6.07 Å². The molecule has 0 unspecified atom stereocenters. The van der Waals surface area contributed by atoms with Gasteiger partial charge in [0, 0.05) is 66.5 Å². The van der Waals surface area contributed by atoms with Gasteiger partial charge in [0.05, 0.1) is 0 Å². The molecule has 0 aliphatic carbocycles. The van der Waals surface area contributed by atoms with Gasteiger partial charge < -0.3 is 4.90 Å². The molecule has 134 valence electrons. The number of thiophene rings is 1. The lowest BCUT2D eigenvalue weighted by atomic mass is 10.2. The summed E-state index contributed by atoms with van der Waals surface area (Å²) in [6.45, 7) is 4.08. The number of nitrogens with zero attached hydrogens (tertiary/aromatic N) is 2. The summed E-state index contributed by atoms with van der Waals surface area (Å²) >= 11 is 5.99. The van der Waals surface area contributed by atoms with Crippen molar-refractivity contribution in [2.45, 2.75) is 31.7 Å². The van der Waals surface area contributed by atoms with Gasteiger partial charge in [0.1, 0.15) is 0 Å². The van der Waals surface area contributed by atoms with Gasteiger partial charge in [0.25, 0.3) is 0 Å². The van der Waals surface area contributed by atoms with Crippen molar-refractivity contribution in [1.82, 2.24) is 9.80 Å². The van der Waals surface area contributed by atoms with E-state index >= 15 is 0 Å². The van der Waals surface area contributed by atoms with Crippen molar-refractivity contribution in [3.05, 3.63) is 22.4 Å². The minimum Gasteiger partial charge on any atom is -0.341 e. The summed E-state index contributed by atoms with van der Waals surface area (Å²) in [6.07, 6.45) is 3.85. The third kappa shape index (κ3) is 5.68. The summed E-state index contributed by atoms with van der Waals surface area (Å²) in [5.74, 6) is 5.48. The third-order valence-corrected chi connectivity index (χ3v) is 8.21. The second-order valence-corrected chi connectivity index (χ2v) is 9.84. The van der Waals surface area contributed by atoms with Gasteiger partial charge in [0.2, 0.25) is 5.91 Å². The Kier molecular flexibility index (Phi) is 7.83. The predicted molar refractivity (Wildman–Crippen MR) is 108 cm³/mol. The summed E-state index contributed by atoms with van der Waals surface area (Å²) < 4.78 is 0. The van der Waals surface area contributed by atoms with E-state index < -0.39 is 0 Å². The van der Waals surface area contributed by atoms with E-state index in [-0.39, 0.29) is 0 Å². The molecule has 1 aromatic rings. The van der Waals surface area contributed by atoms with Crippen LogP contribution >= 0.6 is 34.9 Å². The van der Waals surface area contributed by atoms with Crippen LogP contribution in [0.1, 0.15) is 24.1 Å². The maximum atomic E-state index is 12.5. The molecule has 0 aromatic carbocycles. The third-order valence-electron chi connectivity index (χ3n) is 4.79. The van der Waals surface area contributed by atoms with Crippen LogP contribution in [0.3, 0.4) is 0 Å². The average molecular weight is 385 g/mol. The van der Waals surface area contributed by atoms with E-state index in [4.69, 9.17) is 0 Å². The van der Waals surface area contributed by atoms with E-state index in [1.807, 2.05) is 0 Å². The maximum absolute atomic E-state index is 12.5. The Labute approximate surface area is 158 Å². The van der Waals surface area contributed by atoms with Crippen LogP contribution in [-0.2, 0) is 11.2 Å². The van der Waals surface area contributed by atoms with Crippen molar-refractivity contribution in [2.24, 2.45) is 0 Å². The fraction of sp³-hybridized carbons (Fsp3) is 0.722. The molecule has 2 saturated heterocycles. The molecular formula is C18H28N2OS3. The average Bonchev–Trinajstić information content (AvgIpc) is 2.84. The van der Waals surface area contributed by atoms with Crippen LogP contribution in [0, 0.1) is 0 Å². The molecule has 6 heteroatoms. The van der Waals surface area contributed by atoms with Crippen molar-refractivity contribution in [1.29, 1.82) is 0 Å². The Balaban J connectivity index is 1.41. The van der Waals surface area contributed by atoms with Gasteiger partial charge in [-0.25, -0.2) is 0 Å². The number of hydrogen-bond donors (Lipinski definition) is 0. The van der Waals surface area contributed by atoms with Crippen LogP contribution in [-0.4, -0.2) is 70.9 Å².